The van der Waals surface area contributed by atoms with Crippen LogP contribution in [-0.2, 0) is 4.43 Å². The van der Waals surface area contributed by atoms with Gasteiger partial charge in [0.2, 0.25) is 8.32 Å². The molecule has 0 aromatic heterocycles. The number of aliphatic hydroxyl groups is 2. The van der Waals surface area contributed by atoms with Crippen molar-refractivity contribution in [1.82, 2.24) is 0 Å². The highest BCUT2D eigenvalue weighted by Crippen LogP contribution is 2.44. The second kappa shape index (κ2) is 6.03. The van der Waals surface area contributed by atoms with E-state index in [4.69, 9.17) is 4.43 Å². The van der Waals surface area contributed by atoms with Gasteiger partial charge < -0.3 is 14.6 Å². The fourth-order valence-corrected chi connectivity index (χ4v) is 9.33. The summed E-state index contributed by atoms with van der Waals surface area (Å²) in [6.45, 7) is 13.5. The van der Waals surface area contributed by atoms with Crippen molar-refractivity contribution in [2.24, 2.45) is 0 Å². The summed E-state index contributed by atoms with van der Waals surface area (Å²) in [5, 5.41) is 19.3. The third kappa shape index (κ3) is 2.98. The molecule has 1 aliphatic rings. The lowest BCUT2D eigenvalue weighted by Crippen LogP contribution is -2.50. The fourth-order valence-electron chi connectivity index (χ4n) is 3.74. The summed E-state index contributed by atoms with van der Waals surface area (Å²) in [6.07, 6.45) is -0.000287. The van der Waals surface area contributed by atoms with Crippen molar-refractivity contribution >= 4 is 8.32 Å². The molecule has 108 valence electrons. The standard InChI is InChI=1S/C14H30O3Si/c1-9(2)18(10(3)4,11(5)6)17-12-7-13(15)14(16)8-12/h9-16H,7-8H2,1-6H3/t12?,13-,14+. The molecule has 1 fully saturated rings. The SMILES string of the molecule is CC(C)[Si](OC1C[C@@H](O)[C@@H](O)C1)(C(C)C)C(C)C. The van der Waals surface area contributed by atoms with E-state index in [0.29, 0.717) is 29.5 Å². The zero-order chi connectivity index (χ0) is 14.1. The quantitative estimate of drug-likeness (QED) is 0.758. The summed E-state index contributed by atoms with van der Waals surface area (Å²) in [6, 6.07) is 0. The van der Waals surface area contributed by atoms with Gasteiger partial charge in [0.05, 0.1) is 18.3 Å². The van der Waals surface area contributed by atoms with Crippen LogP contribution in [0, 0.1) is 0 Å². The van der Waals surface area contributed by atoms with Crippen LogP contribution in [0.5, 0.6) is 0 Å². The average molecular weight is 274 g/mol. The molecule has 2 N–H and O–H groups in total. The minimum Gasteiger partial charge on any atom is -0.413 e. The molecule has 0 heterocycles. The Labute approximate surface area is 113 Å². The normalized spacial score (nSPS) is 29.8. The van der Waals surface area contributed by atoms with Crippen LogP contribution < -0.4 is 0 Å². The van der Waals surface area contributed by atoms with E-state index in [2.05, 4.69) is 41.5 Å². The van der Waals surface area contributed by atoms with Crippen molar-refractivity contribution in [2.45, 2.75) is 89.3 Å². The maximum absolute atomic E-state index is 9.67. The number of rotatable bonds is 5. The maximum Gasteiger partial charge on any atom is 0.200 e. The lowest BCUT2D eigenvalue weighted by atomic mass is 10.3. The molecule has 0 aromatic carbocycles. The number of hydrogen-bond donors (Lipinski definition) is 2. The Morgan fingerprint density at radius 1 is 0.833 bits per heavy atom. The first-order valence-corrected chi connectivity index (χ1v) is 9.39. The van der Waals surface area contributed by atoms with E-state index in [9.17, 15) is 10.2 Å². The van der Waals surface area contributed by atoms with Crippen molar-refractivity contribution in [3.05, 3.63) is 0 Å². The van der Waals surface area contributed by atoms with Crippen LogP contribution in [0.2, 0.25) is 16.6 Å². The van der Waals surface area contributed by atoms with Gasteiger partial charge in [0.25, 0.3) is 0 Å². The minimum atomic E-state index is -1.87. The Hall–Kier alpha value is 0.0969. The highest BCUT2D eigenvalue weighted by molar-refractivity contribution is 6.77. The molecule has 0 aromatic rings. The topological polar surface area (TPSA) is 49.7 Å². The molecule has 0 amide bonds. The van der Waals surface area contributed by atoms with E-state index in [1.165, 1.54) is 0 Å². The number of aliphatic hydroxyl groups excluding tert-OH is 2. The number of hydrogen-bond acceptors (Lipinski definition) is 3. The van der Waals surface area contributed by atoms with Gasteiger partial charge in [-0.05, 0) is 16.6 Å². The van der Waals surface area contributed by atoms with Crippen molar-refractivity contribution in [3.63, 3.8) is 0 Å². The highest BCUT2D eigenvalue weighted by atomic mass is 28.4. The van der Waals surface area contributed by atoms with Crippen LogP contribution in [-0.4, -0.2) is 36.8 Å². The van der Waals surface area contributed by atoms with Gasteiger partial charge in [-0.3, -0.25) is 0 Å². The van der Waals surface area contributed by atoms with Crippen molar-refractivity contribution in [1.29, 1.82) is 0 Å². The Morgan fingerprint density at radius 2 is 1.17 bits per heavy atom. The first-order valence-electron chi connectivity index (χ1n) is 7.25. The van der Waals surface area contributed by atoms with Crippen LogP contribution in [0.1, 0.15) is 54.4 Å². The smallest absolute Gasteiger partial charge is 0.200 e. The van der Waals surface area contributed by atoms with E-state index in [1.54, 1.807) is 0 Å². The van der Waals surface area contributed by atoms with Gasteiger partial charge in [0.15, 0.2) is 0 Å². The van der Waals surface area contributed by atoms with Crippen LogP contribution in [0.4, 0.5) is 0 Å². The highest BCUT2D eigenvalue weighted by Gasteiger charge is 2.48. The molecule has 3 atom stereocenters. The predicted molar refractivity (Wildman–Crippen MR) is 77.2 cm³/mol. The van der Waals surface area contributed by atoms with Crippen LogP contribution in [0.25, 0.3) is 0 Å². The molecule has 0 spiro atoms. The first-order chi connectivity index (χ1) is 8.21. The van der Waals surface area contributed by atoms with E-state index in [-0.39, 0.29) is 6.10 Å². The maximum atomic E-state index is 9.67. The Morgan fingerprint density at radius 3 is 1.44 bits per heavy atom. The van der Waals surface area contributed by atoms with Crippen molar-refractivity contribution in [3.8, 4) is 0 Å². The second-order valence-electron chi connectivity index (χ2n) is 6.66. The average Bonchev–Trinajstić information content (AvgIpc) is 2.53. The van der Waals surface area contributed by atoms with Gasteiger partial charge in [0, 0.05) is 12.8 Å². The first kappa shape index (κ1) is 16.2. The molecule has 1 rings (SSSR count). The molecule has 4 heteroatoms. The van der Waals surface area contributed by atoms with Crippen LogP contribution in [0.3, 0.4) is 0 Å². The van der Waals surface area contributed by atoms with E-state index >= 15 is 0 Å². The van der Waals surface area contributed by atoms with Gasteiger partial charge in [-0.15, -0.1) is 0 Å². The molecule has 0 radical (unpaired) electrons. The van der Waals surface area contributed by atoms with Gasteiger partial charge in [0.1, 0.15) is 0 Å². The zero-order valence-electron chi connectivity index (χ0n) is 12.7. The lowest BCUT2D eigenvalue weighted by Gasteiger charge is -2.44. The van der Waals surface area contributed by atoms with Gasteiger partial charge in [-0.25, -0.2) is 0 Å². The summed E-state index contributed by atoms with van der Waals surface area (Å²) < 4.78 is 6.54. The van der Waals surface area contributed by atoms with E-state index < -0.39 is 20.5 Å². The summed E-state index contributed by atoms with van der Waals surface area (Å²) in [7, 11) is -1.87. The molecular weight excluding hydrogens is 244 g/mol. The molecule has 0 saturated heterocycles. The fraction of sp³-hybridized carbons (Fsp3) is 1.00. The molecule has 0 bridgehead atoms. The van der Waals surface area contributed by atoms with Gasteiger partial charge >= 0.3 is 0 Å². The molecular formula is C14H30O3Si. The van der Waals surface area contributed by atoms with Crippen LogP contribution >= 0.6 is 0 Å². The second-order valence-corrected chi connectivity index (χ2v) is 12.1. The molecule has 1 saturated carbocycles. The third-order valence-electron chi connectivity index (χ3n) is 4.53. The summed E-state index contributed by atoms with van der Waals surface area (Å²) in [5.41, 5.74) is 1.65. The van der Waals surface area contributed by atoms with Crippen molar-refractivity contribution < 1.29 is 14.6 Å². The Bertz CT molecular complexity index is 234. The molecule has 1 aliphatic carbocycles. The molecule has 18 heavy (non-hydrogen) atoms. The lowest BCUT2D eigenvalue weighted by molar-refractivity contribution is 0.0438. The summed E-state index contributed by atoms with van der Waals surface area (Å²) >= 11 is 0. The zero-order valence-corrected chi connectivity index (χ0v) is 13.7. The predicted octanol–water partition coefficient (Wildman–Crippen LogP) is 3.06. The molecule has 0 aliphatic heterocycles. The van der Waals surface area contributed by atoms with Crippen molar-refractivity contribution in [2.75, 3.05) is 0 Å². The molecule has 1 unspecified atom stereocenters. The third-order valence-corrected chi connectivity index (χ3v) is 10.7. The van der Waals surface area contributed by atoms with E-state index in [1.807, 2.05) is 0 Å². The van der Waals surface area contributed by atoms with E-state index in [0.717, 1.165) is 0 Å². The van der Waals surface area contributed by atoms with Gasteiger partial charge in [-0.2, -0.15) is 0 Å². The van der Waals surface area contributed by atoms with Gasteiger partial charge in [-0.1, -0.05) is 41.5 Å². The largest absolute Gasteiger partial charge is 0.413 e. The minimum absolute atomic E-state index is 0.0360. The molecule has 3 nitrogen and oxygen atoms in total. The Kier molecular flexibility index (Phi) is 5.41. The monoisotopic (exact) mass is 274 g/mol. The van der Waals surface area contributed by atoms with Crippen LogP contribution in [0.15, 0.2) is 0 Å². The Balaban J connectivity index is 2.86. The summed E-state index contributed by atoms with van der Waals surface area (Å²) in [4.78, 5) is 0. The summed E-state index contributed by atoms with van der Waals surface area (Å²) in [5.74, 6) is 0.